The maximum absolute atomic E-state index is 6.38. The van der Waals surface area contributed by atoms with Crippen LogP contribution in [0.1, 0.15) is 22.3 Å². The van der Waals surface area contributed by atoms with E-state index in [1.54, 1.807) is 24.8 Å². The second kappa shape index (κ2) is 6.79. The predicted octanol–water partition coefficient (Wildman–Crippen LogP) is 4.20. The van der Waals surface area contributed by atoms with E-state index in [9.17, 15) is 0 Å². The highest BCUT2D eigenvalue weighted by Crippen LogP contribution is 2.47. The third-order valence-corrected chi connectivity index (χ3v) is 5.44. The van der Waals surface area contributed by atoms with E-state index in [1.807, 2.05) is 42.5 Å². The van der Waals surface area contributed by atoms with E-state index >= 15 is 0 Å². The van der Waals surface area contributed by atoms with Crippen LogP contribution in [-0.4, -0.2) is 20.8 Å². The molecule has 5 rings (SSSR count). The van der Waals surface area contributed by atoms with E-state index in [1.165, 1.54) is 6.33 Å². The number of hydrogen-bond donors (Lipinski definition) is 1. The van der Waals surface area contributed by atoms with Gasteiger partial charge in [0.25, 0.3) is 0 Å². The number of hydrogen-bond acceptors (Lipinski definition) is 5. The molecule has 2 N–H and O–H groups in total. The van der Waals surface area contributed by atoms with Crippen molar-refractivity contribution < 1.29 is 0 Å². The molecule has 1 aliphatic rings. The molecule has 0 saturated carbocycles. The molecular formula is C23H16ClN5. The molecule has 0 amide bonds. The fraction of sp³-hybridized carbons (Fsp3) is 0.0435. The van der Waals surface area contributed by atoms with Gasteiger partial charge >= 0.3 is 0 Å². The van der Waals surface area contributed by atoms with Crippen molar-refractivity contribution in [2.75, 3.05) is 0 Å². The Bertz CT molecular complexity index is 1220. The lowest BCUT2D eigenvalue weighted by molar-refractivity contribution is 0.670. The van der Waals surface area contributed by atoms with Crippen molar-refractivity contribution in [3.05, 3.63) is 113 Å². The molecule has 1 atom stereocenters. The molecular weight excluding hydrogens is 382 g/mol. The first kappa shape index (κ1) is 17.5. The number of fused-ring (bicyclic) bond motifs is 1. The van der Waals surface area contributed by atoms with E-state index in [2.05, 4.69) is 27.1 Å². The summed E-state index contributed by atoms with van der Waals surface area (Å²) in [6.07, 6.45) is 8.64. The number of aromatic nitrogens is 3. The largest absolute Gasteiger partial charge is 0.383 e. The second-order valence-corrected chi connectivity index (χ2v) is 7.28. The Labute approximate surface area is 173 Å². The van der Waals surface area contributed by atoms with Gasteiger partial charge < -0.3 is 5.73 Å². The van der Waals surface area contributed by atoms with Gasteiger partial charge in [-0.15, -0.1) is 0 Å². The number of amidine groups is 1. The maximum Gasteiger partial charge on any atom is 0.139 e. The minimum absolute atomic E-state index is 0.488. The molecule has 29 heavy (non-hydrogen) atoms. The summed E-state index contributed by atoms with van der Waals surface area (Å²) in [5, 5.41) is 0.639. The van der Waals surface area contributed by atoms with Crippen molar-refractivity contribution in [1.29, 1.82) is 0 Å². The first-order valence-corrected chi connectivity index (χ1v) is 9.48. The number of nitrogens with two attached hydrogens (primary N) is 1. The van der Waals surface area contributed by atoms with Crippen LogP contribution in [0.15, 0.2) is 90.7 Å². The van der Waals surface area contributed by atoms with E-state index in [0.717, 1.165) is 33.4 Å². The summed E-state index contributed by atoms with van der Waals surface area (Å²) in [4.78, 5) is 17.4. The Balaban J connectivity index is 1.81. The molecule has 0 fully saturated rings. The third kappa shape index (κ3) is 2.79. The van der Waals surface area contributed by atoms with Gasteiger partial charge in [-0.1, -0.05) is 29.8 Å². The average molecular weight is 398 g/mol. The van der Waals surface area contributed by atoms with Gasteiger partial charge in [0.2, 0.25) is 0 Å². The van der Waals surface area contributed by atoms with Crippen LogP contribution in [-0.2, 0) is 5.54 Å². The van der Waals surface area contributed by atoms with Gasteiger partial charge in [0.1, 0.15) is 17.7 Å². The van der Waals surface area contributed by atoms with Crippen LogP contribution >= 0.6 is 11.6 Å². The monoisotopic (exact) mass is 397 g/mol. The Morgan fingerprint density at radius 3 is 2.38 bits per heavy atom. The highest BCUT2D eigenvalue weighted by atomic mass is 35.5. The number of pyridine rings is 1. The van der Waals surface area contributed by atoms with Crippen LogP contribution in [0.5, 0.6) is 0 Å². The first-order chi connectivity index (χ1) is 14.2. The van der Waals surface area contributed by atoms with Crippen LogP contribution in [0, 0.1) is 0 Å². The van der Waals surface area contributed by atoms with Gasteiger partial charge in [0.15, 0.2) is 0 Å². The van der Waals surface area contributed by atoms with Gasteiger partial charge in [-0.3, -0.25) is 4.98 Å². The lowest BCUT2D eigenvalue weighted by atomic mass is 9.77. The highest BCUT2D eigenvalue weighted by Gasteiger charge is 2.43. The first-order valence-electron chi connectivity index (χ1n) is 9.10. The van der Waals surface area contributed by atoms with Crippen molar-refractivity contribution in [2.24, 2.45) is 10.7 Å². The summed E-state index contributed by atoms with van der Waals surface area (Å²) in [6, 6.07) is 17.8. The lowest BCUT2D eigenvalue weighted by Crippen LogP contribution is -2.25. The zero-order valence-electron chi connectivity index (χ0n) is 15.3. The fourth-order valence-corrected chi connectivity index (χ4v) is 4.08. The van der Waals surface area contributed by atoms with E-state index in [-0.39, 0.29) is 0 Å². The molecule has 0 aliphatic carbocycles. The Morgan fingerprint density at radius 2 is 1.59 bits per heavy atom. The normalized spacial score (nSPS) is 17.6. The summed E-state index contributed by atoms with van der Waals surface area (Å²) in [5.74, 6) is 0.488. The van der Waals surface area contributed by atoms with Gasteiger partial charge in [0.05, 0.1) is 0 Å². The number of rotatable bonds is 3. The van der Waals surface area contributed by atoms with Gasteiger partial charge in [-0.05, 0) is 53.1 Å². The molecule has 0 radical (unpaired) electrons. The molecule has 2 aromatic heterocycles. The van der Waals surface area contributed by atoms with Gasteiger partial charge in [0, 0.05) is 46.5 Å². The van der Waals surface area contributed by atoms with Crippen molar-refractivity contribution in [2.45, 2.75) is 5.54 Å². The topological polar surface area (TPSA) is 77.0 Å². The van der Waals surface area contributed by atoms with Crippen molar-refractivity contribution in [3.63, 3.8) is 0 Å². The van der Waals surface area contributed by atoms with Crippen LogP contribution in [0.2, 0.25) is 5.02 Å². The quantitative estimate of drug-likeness (QED) is 0.562. The zero-order valence-corrected chi connectivity index (χ0v) is 16.1. The molecule has 3 heterocycles. The van der Waals surface area contributed by atoms with Crippen LogP contribution in [0.25, 0.3) is 11.1 Å². The van der Waals surface area contributed by atoms with E-state index < -0.39 is 5.54 Å². The standard InChI is InChI=1S/C23H16ClN5/c24-19-4-5-20-21(11-19)23(29-22(20)25,17-6-8-26-9-7-17)18-3-1-2-15(10-18)16-12-27-14-28-13-16/h1-14H,(H2,25,29)/t23-/m1/s1. The summed E-state index contributed by atoms with van der Waals surface area (Å²) >= 11 is 6.38. The van der Waals surface area contributed by atoms with Crippen LogP contribution in [0.4, 0.5) is 0 Å². The second-order valence-electron chi connectivity index (χ2n) is 6.84. The Kier molecular flexibility index (Phi) is 4.11. The molecule has 1 aliphatic heterocycles. The minimum Gasteiger partial charge on any atom is -0.383 e. The van der Waals surface area contributed by atoms with Crippen LogP contribution < -0.4 is 5.73 Å². The third-order valence-electron chi connectivity index (χ3n) is 5.21. The van der Waals surface area contributed by atoms with Gasteiger partial charge in [-0.25, -0.2) is 15.0 Å². The molecule has 2 aromatic carbocycles. The number of benzene rings is 2. The molecule has 0 unspecified atom stereocenters. The molecule has 4 aromatic rings. The fourth-order valence-electron chi connectivity index (χ4n) is 3.91. The lowest BCUT2D eigenvalue weighted by Gasteiger charge is -2.29. The van der Waals surface area contributed by atoms with E-state index in [4.69, 9.17) is 22.3 Å². The van der Waals surface area contributed by atoms with Crippen molar-refractivity contribution >= 4 is 17.4 Å². The van der Waals surface area contributed by atoms with Crippen molar-refractivity contribution in [3.8, 4) is 11.1 Å². The zero-order chi connectivity index (χ0) is 19.8. The minimum atomic E-state index is -0.807. The Morgan fingerprint density at radius 1 is 0.793 bits per heavy atom. The molecule has 5 nitrogen and oxygen atoms in total. The van der Waals surface area contributed by atoms with E-state index in [0.29, 0.717) is 10.9 Å². The average Bonchev–Trinajstić information content (AvgIpc) is 3.08. The number of aliphatic imine (C=N–C) groups is 1. The number of halogens is 1. The maximum atomic E-state index is 6.38. The predicted molar refractivity (Wildman–Crippen MR) is 114 cm³/mol. The smallest absolute Gasteiger partial charge is 0.139 e. The molecule has 0 saturated heterocycles. The SMILES string of the molecule is NC1=N[C@](c2ccncc2)(c2cccc(-c3cncnc3)c2)c2cc(Cl)ccc21. The molecule has 0 bridgehead atoms. The molecule has 140 valence electrons. The molecule has 0 spiro atoms. The summed E-state index contributed by atoms with van der Waals surface area (Å²) in [6.45, 7) is 0. The number of nitrogens with zero attached hydrogens (tertiary/aromatic N) is 4. The summed E-state index contributed by atoms with van der Waals surface area (Å²) < 4.78 is 0. The Hall–Kier alpha value is -3.57. The molecule has 6 heteroatoms. The van der Waals surface area contributed by atoms with Crippen molar-refractivity contribution in [1.82, 2.24) is 15.0 Å². The van der Waals surface area contributed by atoms with Gasteiger partial charge in [-0.2, -0.15) is 0 Å². The highest BCUT2D eigenvalue weighted by molar-refractivity contribution is 6.30. The van der Waals surface area contributed by atoms with Crippen LogP contribution in [0.3, 0.4) is 0 Å². The summed E-state index contributed by atoms with van der Waals surface area (Å²) in [7, 11) is 0. The summed E-state index contributed by atoms with van der Waals surface area (Å²) in [5.41, 5.74) is 11.3.